The molecule has 0 spiro atoms. The monoisotopic (exact) mass is 418 g/mol. The van der Waals surface area contributed by atoms with Gasteiger partial charge in [-0.15, -0.1) is 11.3 Å². The van der Waals surface area contributed by atoms with Crippen LogP contribution in [0.4, 0.5) is 4.39 Å². The van der Waals surface area contributed by atoms with Crippen LogP contribution in [0, 0.1) is 5.82 Å². The van der Waals surface area contributed by atoms with E-state index in [0.29, 0.717) is 29.6 Å². The number of nitrogens with zero attached hydrogens (tertiary/aromatic N) is 1. The molecule has 0 aliphatic carbocycles. The molecule has 1 amide bonds. The maximum atomic E-state index is 13.1. The molecule has 0 saturated carbocycles. The summed E-state index contributed by atoms with van der Waals surface area (Å²) in [5.41, 5.74) is 3.08. The topological polar surface area (TPSA) is 51.2 Å². The molecule has 0 bridgehead atoms. The second-order valence-corrected chi connectivity index (χ2v) is 7.48. The van der Waals surface area contributed by atoms with E-state index in [1.807, 2.05) is 54.6 Å². The van der Waals surface area contributed by atoms with Crippen molar-refractivity contribution in [1.29, 1.82) is 0 Å². The van der Waals surface area contributed by atoms with Gasteiger partial charge in [0.1, 0.15) is 28.9 Å². The van der Waals surface area contributed by atoms with Gasteiger partial charge in [0.25, 0.3) is 5.91 Å². The van der Waals surface area contributed by atoms with Crippen LogP contribution in [0.2, 0.25) is 0 Å². The molecule has 1 aromatic heterocycles. The van der Waals surface area contributed by atoms with Crippen molar-refractivity contribution >= 4 is 17.2 Å². The van der Waals surface area contributed by atoms with E-state index in [0.717, 1.165) is 16.7 Å². The van der Waals surface area contributed by atoms with Gasteiger partial charge in [0.2, 0.25) is 0 Å². The molecule has 4 nitrogen and oxygen atoms in total. The average Bonchev–Trinajstić information content (AvgIpc) is 3.28. The molecule has 0 unspecified atom stereocenters. The Kier molecular flexibility index (Phi) is 6.15. The molecule has 0 saturated heterocycles. The standard InChI is InChI=1S/C24H19FN2O2S/c25-19-12-10-18(11-13-19)15-29-22-9-5-4-8-20(22)24-27-21(16-30-24)23(28)26-14-17-6-2-1-3-7-17/h1-13,16H,14-15H2,(H,26,28). The Balaban J connectivity index is 1.45. The smallest absolute Gasteiger partial charge is 0.271 e. The minimum absolute atomic E-state index is 0.217. The lowest BCUT2D eigenvalue weighted by molar-refractivity contribution is 0.0946. The minimum atomic E-state index is -0.278. The van der Waals surface area contributed by atoms with Crippen LogP contribution >= 0.6 is 11.3 Å². The summed E-state index contributed by atoms with van der Waals surface area (Å²) in [7, 11) is 0. The molecule has 1 N–H and O–H groups in total. The van der Waals surface area contributed by atoms with Gasteiger partial charge in [-0.1, -0.05) is 54.6 Å². The van der Waals surface area contributed by atoms with Crippen LogP contribution in [-0.2, 0) is 13.2 Å². The van der Waals surface area contributed by atoms with Crippen molar-refractivity contribution in [1.82, 2.24) is 10.3 Å². The first kappa shape index (κ1) is 19.8. The van der Waals surface area contributed by atoms with Crippen molar-refractivity contribution in [3.05, 3.63) is 107 Å². The Bertz CT molecular complexity index is 1130. The number of rotatable bonds is 7. The summed E-state index contributed by atoms with van der Waals surface area (Å²) in [5, 5.41) is 5.33. The van der Waals surface area contributed by atoms with Gasteiger partial charge in [0, 0.05) is 11.9 Å². The summed E-state index contributed by atoms with van der Waals surface area (Å²) in [6.07, 6.45) is 0. The quantitative estimate of drug-likeness (QED) is 0.434. The fourth-order valence-electron chi connectivity index (χ4n) is 2.88. The molecule has 0 aliphatic rings. The average molecular weight is 418 g/mol. The van der Waals surface area contributed by atoms with Crippen LogP contribution in [0.25, 0.3) is 10.6 Å². The molecule has 0 aliphatic heterocycles. The van der Waals surface area contributed by atoms with Crippen molar-refractivity contribution < 1.29 is 13.9 Å². The van der Waals surface area contributed by atoms with E-state index in [1.165, 1.54) is 23.5 Å². The zero-order chi connectivity index (χ0) is 20.8. The molecule has 0 radical (unpaired) electrons. The SMILES string of the molecule is O=C(NCc1ccccc1)c1csc(-c2ccccc2OCc2ccc(F)cc2)n1. The molecule has 1 heterocycles. The third-order valence-corrected chi connectivity index (χ3v) is 5.33. The van der Waals surface area contributed by atoms with Crippen LogP contribution in [0.5, 0.6) is 5.75 Å². The van der Waals surface area contributed by atoms with Gasteiger partial charge in [-0.2, -0.15) is 0 Å². The first-order chi connectivity index (χ1) is 14.7. The van der Waals surface area contributed by atoms with Gasteiger partial charge in [0.15, 0.2) is 0 Å². The molecule has 150 valence electrons. The number of ether oxygens (including phenoxy) is 1. The fourth-order valence-corrected chi connectivity index (χ4v) is 3.71. The van der Waals surface area contributed by atoms with Gasteiger partial charge in [-0.3, -0.25) is 4.79 Å². The molecular formula is C24H19FN2O2S. The van der Waals surface area contributed by atoms with Crippen LogP contribution in [0.15, 0.2) is 84.2 Å². The zero-order valence-electron chi connectivity index (χ0n) is 16.0. The van der Waals surface area contributed by atoms with Gasteiger partial charge in [0.05, 0.1) is 5.56 Å². The highest BCUT2D eigenvalue weighted by atomic mass is 32.1. The Labute approximate surface area is 178 Å². The Morgan fingerprint density at radius 1 is 0.933 bits per heavy atom. The normalized spacial score (nSPS) is 10.6. The lowest BCUT2D eigenvalue weighted by Gasteiger charge is -2.10. The Morgan fingerprint density at radius 2 is 1.67 bits per heavy atom. The van der Waals surface area contributed by atoms with Crippen molar-refractivity contribution in [3.8, 4) is 16.3 Å². The van der Waals surface area contributed by atoms with Crippen molar-refractivity contribution in [2.24, 2.45) is 0 Å². The van der Waals surface area contributed by atoms with Gasteiger partial charge in [-0.25, -0.2) is 9.37 Å². The first-order valence-corrected chi connectivity index (χ1v) is 10.3. The fraction of sp³-hybridized carbons (Fsp3) is 0.0833. The number of carbonyl (C=O) groups is 1. The second-order valence-electron chi connectivity index (χ2n) is 6.62. The number of carbonyl (C=O) groups excluding carboxylic acids is 1. The predicted octanol–water partition coefficient (Wildman–Crippen LogP) is 5.46. The van der Waals surface area contributed by atoms with Crippen LogP contribution in [0.3, 0.4) is 0 Å². The molecule has 0 atom stereocenters. The van der Waals surface area contributed by atoms with E-state index in [4.69, 9.17) is 4.74 Å². The molecule has 30 heavy (non-hydrogen) atoms. The van der Waals surface area contributed by atoms with E-state index in [1.54, 1.807) is 17.5 Å². The summed E-state index contributed by atoms with van der Waals surface area (Å²) < 4.78 is 19.0. The number of benzene rings is 3. The highest BCUT2D eigenvalue weighted by molar-refractivity contribution is 7.13. The zero-order valence-corrected chi connectivity index (χ0v) is 16.9. The number of thiazole rings is 1. The Morgan fingerprint density at radius 3 is 2.47 bits per heavy atom. The van der Waals surface area contributed by atoms with Gasteiger partial charge >= 0.3 is 0 Å². The number of para-hydroxylation sites is 1. The third-order valence-electron chi connectivity index (χ3n) is 4.46. The summed E-state index contributed by atoms with van der Waals surface area (Å²) in [6, 6.07) is 23.5. The summed E-state index contributed by atoms with van der Waals surface area (Å²) >= 11 is 1.39. The van der Waals surface area contributed by atoms with E-state index in [-0.39, 0.29) is 11.7 Å². The van der Waals surface area contributed by atoms with E-state index < -0.39 is 0 Å². The number of hydrogen-bond donors (Lipinski definition) is 1. The number of nitrogens with one attached hydrogen (secondary N) is 1. The van der Waals surface area contributed by atoms with Crippen LogP contribution in [-0.4, -0.2) is 10.9 Å². The highest BCUT2D eigenvalue weighted by Gasteiger charge is 2.14. The predicted molar refractivity (Wildman–Crippen MR) is 116 cm³/mol. The van der Waals surface area contributed by atoms with Gasteiger partial charge in [-0.05, 0) is 35.4 Å². The van der Waals surface area contributed by atoms with E-state index in [2.05, 4.69) is 10.3 Å². The lowest BCUT2D eigenvalue weighted by Crippen LogP contribution is -2.23. The van der Waals surface area contributed by atoms with Crippen LogP contribution < -0.4 is 10.1 Å². The molecular weight excluding hydrogens is 399 g/mol. The number of halogens is 1. The molecule has 4 aromatic rings. The first-order valence-electron chi connectivity index (χ1n) is 9.43. The summed E-state index contributed by atoms with van der Waals surface area (Å²) in [4.78, 5) is 17.0. The molecule has 4 rings (SSSR count). The van der Waals surface area contributed by atoms with Crippen molar-refractivity contribution in [2.45, 2.75) is 13.2 Å². The maximum Gasteiger partial charge on any atom is 0.271 e. The third kappa shape index (κ3) is 4.90. The van der Waals surface area contributed by atoms with Crippen molar-refractivity contribution in [3.63, 3.8) is 0 Å². The maximum absolute atomic E-state index is 13.1. The van der Waals surface area contributed by atoms with E-state index >= 15 is 0 Å². The largest absolute Gasteiger partial charge is 0.488 e. The second kappa shape index (κ2) is 9.33. The lowest BCUT2D eigenvalue weighted by atomic mass is 10.2. The Hall–Kier alpha value is -3.51. The summed E-state index contributed by atoms with van der Waals surface area (Å²) in [5.74, 6) is 0.165. The molecule has 6 heteroatoms. The minimum Gasteiger partial charge on any atom is -0.488 e. The van der Waals surface area contributed by atoms with Crippen molar-refractivity contribution in [2.75, 3.05) is 0 Å². The van der Waals surface area contributed by atoms with Crippen LogP contribution in [0.1, 0.15) is 21.6 Å². The number of hydrogen-bond acceptors (Lipinski definition) is 4. The molecule has 0 fully saturated rings. The van der Waals surface area contributed by atoms with E-state index in [9.17, 15) is 9.18 Å². The summed E-state index contributed by atoms with van der Waals surface area (Å²) in [6.45, 7) is 0.761. The number of aromatic nitrogens is 1. The molecule has 3 aromatic carbocycles. The van der Waals surface area contributed by atoms with Gasteiger partial charge < -0.3 is 10.1 Å². The number of amides is 1. The highest BCUT2D eigenvalue weighted by Crippen LogP contribution is 2.32.